The number of ether oxygens (including phenoxy) is 3. The van der Waals surface area contributed by atoms with Crippen LogP contribution in [-0.4, -0.2) is 43.1 Å². The number of alkyl halides is 1. The number of carbonyl (C=O) groups is 3. The highest BCUT2D eigenvalue weighted by Gasteiger charge is 2.37. The van der Waals surface area contributed by atoms with E-state index in [1.807, 2.05) is 20.8 Å². The molecule has 0 aliphatic carbocycles. The second kappa shape index (κ2) is 20.9. The van der Waals surface area contributed by atoms with Gasteiger partial charge in [0.2, 0.25) is 0 Å². The predicted octanol–water partition coefficient (Wildman–Crippen LogP) is 7.65. The van der Waals surface area contributed by atoms with E-state index in [2.05, 4.69) is 36.7 Å². The normalized spacial score (nSPS) is 15.4. The van der Waals surface area contributed by atoms with Gasteiger partial charge in [-0.3, -0.25) is 14.4 Å². The van der Waals surface area contributed by atoms with Crippen molar-refractivity contribution in [3.8, 4) is 0 Å². The summed E-state index contributed by atoms with van der Waals surface area (Å²) in [6.45, 7) is 12.4. The molecule has 0 N–H and O–H groups in total. The Balaban J connectivity index is 5.48. The van der Waals surface area contributed by atoms with Crippen LogP contribution in [0.15, 0.2) is 0 Å². The van der Waals surface area contributed by atoms with Gasteiger partial charge in [-0.15, -0.1) is 0 Å². The van der Waals surface area contributed by atoms with Crippen molar-refractivity contribution in [2.45, 2.75) is 119 Å². The quantitative estimate of drug-likeness (QED) is 0.0747. The Bertz CT molecular complexity index is 530. The molecule has 3 atom stereocenters. The largest absolute Gasteiger partial charge is 0.465 e. The van der Waals surface area contributed by atoms with Crippen molar-refractivity contribution in [3.63, 3.8) is 0 Å². The van der Waals surface area contributed by atoms with Gasteiger partial charge in [0.05, 0.1) is 23.2 Å². The number of esters is 3. The van der Waals surface area contributed by atoms with Crippen LogP contribution in [0.5, 0.6) is 0 Å². The summed E-state index contributed by atoms with van der Waals surface area (Å²) >= 11 is 3.54. The number of rotatable bonds is 22. The van der Waals surface area contributed by atoms with Crippen LogP contribution in [0.3, 0.4) is 0 Å². The molecule has 0 fully saturated rings. The standard InChI is InChI=1S/C29H53BrO6/c1-7-13-16-23(10-4)26(31)34-20-29(19-30,21-35-27(32)24(11-5)17-14-8-2)22-36-28(33)25(12-6)18-15-9-3/h23-25H,7-22H2,1-6H3. The molecule has 212 valence electrons. The van der Waals surface area contributed by atoms with Gasteiger partial charge in [-0.05, 0) is 38.5 Å². The first kappa shape index (κ1) is 34.9. The van der Waals surface area contributed by atoms with E-state index in [9.17, 15) is 14.4 Å². The van der Waals surface area contributed by atoms with E-state index in [1.54, 1.807) is 0 Å². The van der Waals surface area contributed by atoms with Crippen LogP contribution in [0.2, 0.25) is 0 Å². The second-order valence-electron chi connectivity index (χ2n) is 10.2. The van der Waals surface area contributed by atoms with Crippen molar-refractivity contribution >= 4 is 33.8 Å². The van der Waals surface area contributed by atoms with E-state index in [-0.39, 0.29) is 55.5 Å². The van der Waals surface area contributed by atoms with Crippen molar-refractivity contribution in [2.75, 3.05) is 25.2 Å². The molecule has 0 amide bonds. The number of hydrogen-bond acceptors (Lipinski definition) is 6. The highest BCUT2D eigenvalue weighted by molar-refractivity contribution is 9.09. The first-order valence-electron chi connectivity index (χ1n) is 14.3. The van der Waals surface area contributed by atoms with Crippen LogP contribution in [0, 0.1) is 23.2 Å². The monoisotopic (exact) mass is 576 g/mol. The van der Waals surface area contributed by atoms with E-state index in [1.165, 1.54) is 0 Å². The molecule has 0 aromatic heterocycles. The Kier molecular flexibility index (Phi) is 20.2. The maximum Gasteiger partial charge on any atom is 0.308 e. The lowest BCUT2D eigenvalue weighted by Crippen LogP contribution is -2.42. The van der Waals surface area contributed by atoms with Crippen molar-refractivity contribution in [2.24, 2.45) is 23.2 Å². The summed E-state index contributed by atoms with van der Waals surface area (Å²) in [7, 11) is 0. The van der Waals surface area contributed by atoms with Crippen LogP contribution in [0.4, 0.5) is 0 Å². The maximum atomic E-state index is 12.8. The van der Waals surface area contributed by atoms with Gasteiger partial charge in [-0.1, -0.05) is 96.0 Å². The summed E-state index contributed by atoms with van der Waals surface area (Å²) in [5.74, 6) is -1.17. The minimum absolute atomic E-state index is 0.0256. The third kappa shape index (κ3) is 13.4. The fraction of sp³-hybridized carbons (Fsp3) is 0.897. The molecular weight excluding hydrogens is 524 g/mol. The molecule has 0 rings (SSSR count). The highest BCUT2D eigenvalue weighted by atomic mass is 79.9. The summed E-state index contributed by atoms with van der Waals surface area (Å²) in [5, 5.41) is 0.372. The second-order valence-corrected chi connectivity index (χ2v) is 10.8. The van der Waals surface area contributed by atoms with Crippen molar-refractivity contribution < 1.29 is 28.6 Å². The Hall–Kier alpha value is -1.11. The molecule has 0 saturated heterocycles. The van der Waals surface area contributed by atoms with E-state index in [0.717, 1.165) is 77.0 Å². The van der Waals surface area contributed by atoms with Gasteiger partial charge in [0, 0.05) is 5.33 Å². The third-order valence-electron chi connectivity index (χ3n) is 7.04. The fourth-order valence-electron chi connectivity index (χ4n) is 4.08. The smallest absolute Gasteiger partial charge is 0.308 e. The Labute approximate surface area is 229 Å². The molecule has 7 heteroatoms. The molecule has 0 heterocycles. The lowest BCUT2D eigenvalue weighted by Gasteiger charge is -2.32. The van der Waals surface area contributed by atoms with E-state index in [0.29, 0.717) is 5.33 Å². The predicted molar refractivity (Wildman–Crippen MR) is 149 cm³/mol. The van der Waals surface area contributed by atoms with Crippen LogP contribution in [0.25, 0.3) is 0 Å². The minimum atomic E-state index is -0.837. The van der Waals surface area contributed by atoms with E-state index < -0.39 is 5.41 Å². The Morgan fingerprint density at radius 2 is 0.861 bits per heavy atom. The average molecular weight is 578 g/mol. The number of unbranched alkanes of at least 4 members (excludes halogenated alkanes) is 3. The zero-order chi connectivity index (χ0) is 27.4. The molecule has 36 heavy (non-hydrogen) atoms. The lowest BCUT2D eigenvalue weighted by atomic mass is 9.93. The Morgan fingerprint density at radius 3 is 1.06 bits per heavy atom. The van der Waals surface area contributed by atoms with Crippen LogP contribution < -0.4 is 0 Å². The molecule has 0 aromatic carbocycles. The zero-order valence-electron chi connectivity index (χ0n) is 23.9. The highest BCUT2D eigenvalue weighted by Crippen LogP contribution is 2.27. The van der Waals surface area contributed by atoms with Crippen molar-refractivity contribution in [3.05, 3.63) is 0 Å². The first-order valence-corrected chi connectivity index (χ1v) is 15.5. The summed E-state index contributed by atoms with van der Waals surface area (Å²) < 4.78 is 17.3. The summed E-state index contributed by atoms with van der Waals surface area (Å²) in [4.78, 5) is 38.4. The zero-order valence-corrected chi connectivity index (χ0v) is 25.5. The molecule has 0 aliphatic heterocycles. The average Bonchev–Trinajstić information content (AvgIpc) is 2.89. The number of hydrogen-bond donors (Lipinski definition) is 0. The van der Waals surface area contributed by atoms with Crippen LogP contribution in [0.1, 0.15) is 119 Å². The van der Waals surface area contributed by atoms with E-state index >= 15 is 0 Å². The molecule has 0 radical (unpaired) electrons. The molecule has 0 spiro atoms. The van der Waals surface area contributed by atoms with Gasteiger partial charge in [0.1, 0.15) is 19.8 Å². The lowest BCUT2D eigenvalue weighted by molar-refractivity contribution is -0.165. The SMILES string of the molecule is CCCCC(CC)C(=O)OCC(CBr)(COC(=O)C(CC)CCCC)COC(=O)C(CC)CCCC. The van der Waals surface area contributed by atoms with Crippen LogP contribution >= 0.6 is 15.9 Å². The van der Waals surface area contributed by atoms with Gasteiger partial charge < -0.3 is 14.2 Å². The minimum Gasteiger partial charge on any atom is -0.465 e. The molecule has 0 aromatic rings. The van der Waals surface area contributed by atoms with Gasteiger partial charge in [-0.2, -0.15) is 0 Å². The van der Waals surface area contributed by atoms with Crippen molar-refractivity contribution in [1.29, 1.82) is 0 Å². The number of carbonyl (C=O) groups excluding carboxylic acids is 3. The van der Waals surface area contributed by atoms with Crippen LogP contribution in [-0.2, 0) is 28.6 Å². The molecule has 0 aliphatic rings. The van der Waals surface area contributed by atoms with Crippen molar-refractivity contribution in [1.82, 2.24) is 0 Å². The maximum absolute atomic E-state index is 12.8. The van der Waals surface area contributed by atoms with E-state index in [4.69, 9.17) is 14.2 Å². The molecule has 0 bridgehead atoms. The van der Waals surface area contributed by atoms with Gasteiger partial charge >= 0.3 is 17.9 Å². The molecule has 3 unspecified atom stereocenters. The third-order valence-corrected chi connectivity index (χ3v) is 8.23. The molecule has 0 saturated carbocycles. The first-order chi connectivity index (χ1) is 17.3. The molecule has 6 nitrogen and oxygen atoms in total. The van der Waals surface area contributed by atoms with Gasteiger partial charge in [-0.25, -0.2) is 0 Å². The molecular formula is C29H53BrO6. The topological polar surface area (TPSA) is 78.9 Å². The summed E-state index contributed by atoms with van der Waals surface area (Å²) in [6, 6.07) is 0. The van der Waals surface area contributed by atoms with Gasteiger partial charge in [0.25, 0.3) is 0 Å². The van der Waals surface area contributed by atoms with Gasteiger partial charge in [0.15, 0.2) is 0 Å². The summed E-state index contributed by atoms with van der Waals surface area (Å²) in [5.41, 5.74) is -0.837. The Morgan fingerprint density at radius 1 is 0.583 bits per heavy atom. The summed E-state index contributed by atoms with van der Waals surface area (Å²) in [6.07, 6.45) is 10.5. The fourth-order valence-corrected chi connectivity index (χ4v) is 4.57. The number of halogens is 1.